The van der Waals surface area contributed by atoms with Crippen molar-refractivity contribution < 1.29 is 19.0 Å². The van der Waals surface area contributed by atoms with Crippen molar-refractivity contribution in [2.45, 2.75) is 19.5 Å². The van der Waals surface area contributed by atoms with Gasteiger partial charge in [0.25, 0.3) is 5.56 Å². The first-order valence-corrected chi connectivity index (χ1v) is 10.3. The van der Waals surface area contributed by atoms with Crippen LogP contribution in [0.4, 0.5) is 4.39 Å². The van der Waals surface area contributed by atoms with Gasteiger partial charge >= 0.3 is 11.7 Å². The second-order valence-electron chi connectivity index (χ2n) is 7.44. The SMILES string of the molecule is COc1cccc(Oc2nc3c(c(=O)n(CCCO)c(=O)n3C)n2Cc2ccc(F)cc2)c1. The van der Waals surface area contributed by atoms with Crippen molar-refractivity contribution in [1.29, 1.82) is 0 Å². The van der Waals surface area contributed by atoms with Crippen LogP contribution in [0.1, 0.15) is 12.0 Å². The molecular weight excluding hydrogens is 431 g/mol. The summed E-state index contributed by atoms with van der Waals surface area (Å²) < 4.78 is 28.5. The third kappa shape index (κ3) is 4.37. The van der Waals surface area contributed by atoms with Crippen LogP contribution < -0.4 is 20.7 Å². The summed E-state index contributed by atoms with van der Waals surface area (Å²) in [6.07, 6.45) is 0.250. The maximum Gasteiger partial charge on any atom is 0.332 e. The topological polar surface area (TPSA) is 101 Å². The van der Waals surface area contributed by atoms with E-state index in [0.29, 0.717) is 17.1 Å². The molecule has 0 saturated carbocycles. The first-order chi connectivity index (χ1) is 15.9. The van der Waals surface area contributed by atoms with E-state index < -0.39 is 11.2 Å². The number of ether oxygens (including phenoxy) is 2. The molecule has 0 amide bonds. The van der Waals surface area contributed by atoms with Gasteiger partial charge in [-0.2, -0.15) is 4.98 Å². The molecule has 172 valence electrons. The Kier molecular flexibility index (Phi) is 6.27. The molecule has 0 aliphatic rings. The summed E-state index contributed by atoms with van der Waals surface area (Å²) in [4.78, 5) is 30.5. The van der Waals surface area contributed by atoms with Crippen molar-refractivity contribution in [1.82, 2.24) is 18.7 Å². The Hall–Kier alpha value is -3.92. The zero-order valence-electron chi connectivity index (χ0n) is 18.2. The molecule has 0 aliphatic carbocycles. The number of nitrogens with zero attached hydrogens (tertiary/aromatic N) is 4. The van der Waals surface area contributed by atoms with Gasteiger partial charge in [0, 0.05) is 26.3 Å². The number of aromatic nitrogens is 4. The van der Waals surface area contributed by atoms with Gasteiger partial charge in [0.2, 0.25) is 0 Å². The van der Waals surface area contributed by atoms with Crippen LogP contribution in [0.15, 0.2) is 58.1 Å². The highest BCUT2D eigenvalue weighted by molar-refractivity contribution is 5.72. The van der Waals surface area contributed by atoms with Crippen LogP contribution in [-0.2, 0) is 20.1 Å². The van der Waals surface area contributed by atoms with E-state index in [1.54, 1.807) is 41.0 Å². The molecule has 0 spiro atoms. The standard InChI is InChI=1S/C23H23FN4O5/c1-26-20-19(21(30)27(23(26)31)11-4-12-29)28(14-15-7-9-16(24)10-8-15)22(25-20)33-18-6-3-5-17(13-18)32-2/h3,5-10,13,29H,4,11-12,14H2,1-2H3. The van der Waals surface area contributed by atoms with Gasteiger partial charge in [-0.15, -0.1) is 0 Å². The lowest BCUT2D eigenvalue weighted by molar-refractivity contribution is 0.277. The first-order valence-electron chi connectivity index (χ1n) is 10.3. The van der Waals surface area contributed by atoms with Crippen molar-refractivity contribution in [2.24, 2.45) is 7.05 Å². The number of benzene rings is 2. The van der Waals surface area contributed by atoms with Gasteiger partial charge in [0.15, 0.2) is 11.2 Å². The number of imidazole rings is 1. The third-order valence-electron chi connectivity index (χ3n) is 5.24. The lowest BCUT2D eigenvalue weighted by Gasteiger charge is -2.11. The molecule has 0 saturated heterocycles. The molecule has 0 fully saturated rings. The van der Waals surface area contributed by atoms with Crippen molar-refractivity contribution >= 4 is 11.2 Å². The van der Waals surface area contributed by atoms with E-state index in [9.17, 15) is 19.1 Å². The molecule has 0 bridgehead atoms. The lowest BCUT2D eigenvalue weighted by atomic mass is 10.2. The minimum Gasteiger partial charge on any atom is -0.497 e. The Labute approximate surface area is 187 Å². The van der Waals surface area contributed by atoms with Gasteiger partial charge in [-0.05, 0) is 36.2 Å². The number of methoxy groups -OCH3 is 1. The lowest BCUT2D eigenvalue weighted by Crippen LogP contribution is -2.39. The molecule has 10 heteroatoms. The van der Waals surface area contributed by atoms with Gasteiger partial charge in [-0.1, -0.05) is 18.2 Å². The third-order valence-corrected chi connectivity index (χ3v) is 5.24. The molecule has 0 atom stereocenters. The second kappa shape index (κ2) is 9.29. The Morgan fingerprint density at radius 3 is 2.48 bits per heavy atom. The molecule has 33 heavy (non-hydrogen) atoms. The molecule has 4 aromatic rings. The number of aryl methyl sites for hydroxylation is 1. The maximum absolute atomic E-state index is 13.4. The molecular formula is C23H23FN4O5. The van der Waals surface area contributed by atoms with E-state index in [0.717, 1.165) is 4.57 Å². The predicted molar refractivity (Wildman–Crippen MR) is 120 cm³/mol. The normalized spacial score (nSPS) is 11.2. The van der Waals surface area contributed by atoms with Crippen LogP contribution in [0.5, 0.6) is 17.5 Å². The van der Waals surface area contributed by atoms with E-state index in [2.05, 4.69) is 4.98 Å². The highest BCUT2D eigenvalue weighted by atomic mass is 19.1. The van der Waals surface area contributed by atoms with Gasteiger partial charge < -0.3 is 14.6 Å². The minimum atomic E-state index is -0.545. The van der Waals surface area contributed by atoms with Crippen molar-refractivity contribution in [2.75, 3.05) is 13.7 Å². The Morgan fingerprint density at radius 2 is 1.79 bits per heavy atom. The molecule has 0 unspecified atom stereocenters. The Balaban J connectivity index is 1.92. The van der Waals surface area contributed by atoms with Crippen molar-refractivity contribution in [3.8, 4) is 17.5 Å². The van der Waals surface area contributed by atoms with Gasteiger partial charge in [0.05, 0.1) is 13.7 Å². The van der Waals surface area contributed by atoms with Crippen molar-refractivity contribution in [3.05, 3.63) is 80.7 Å². The zero-order chi connectivity index (χ0) is 23.5. The number of fused-ring (bicyclic) bond motifs is 1. The molecule has 2 heterocycles. The second-order valence-corrected chi connectivity index (χ2v) is 7.44. The van der Waals surface area contributed by atoms with E-state index in [1.807, 2.05) is 0 Å². The number of rotatable bonds is 8. The molecule has 0 aliphatic heterocycles. The van der Waals surface area contributed by atoms with Crippen LogP contribution in [-0.4, -0.2) is 37.5 Å². The fraction of sp³-hybridized carbons (Fsp3) is 0.261. The summed E-state index contributed by atoms with van der Waals surface area (Å²) in [6.45, 7) is 0.0575. The summed E-state index contributed by atoms with van der Waals surface area (Å²) >= 11 is 0. The number of hydrogen-bond donors (Lipinski definition) is 1. The average Bonchev–Trinajstić information content (AvgIpc) is 3.17. The summed E-state index contributed by atoms with van der Waals surface area (Å²) in [6, 6.07) is 12.8. The highest BCUT2D eigenvalue weighted by Gasteiger charge is 2.22. The molecule has 0 radical (unpaired) electrons. The first kappa shape index (κ1) is 22.3. The molecule has 9 nitrogen and oxygen atoms in total. The van der Waals surface area contributed by atoms with E-state index in [-0.39, 0.29) is 49.1 Å². The maximum atomic E-state index is 13.4. The molecule has 2 aromatic carbocycles. The van der Waals surface area contributed by atoms with Crippen LogP contribution in [0, 0.1) is 5.82 Å². The Morgan fingerprint density at radius 1 is 1.06 bits per heavy atom. The summed E-state index contributed by atoms with van der Waals surface area (Å²) in [7, 11) is 3.05. The number of aliphatic hydroxyl groups excluding tert-OH is 1. The zero-order valence-corrected chi connectivity index (χ0v) is 18.2. The van der Waals surface area contributed by atoms with Gasteiger partial charge in [-0.25, -0.2) is 9.18 Å². The number of hydrogen-bond acceptors (Lipinski definition) is 6. The van der Waals surface area contributed by atoms with E-state index in [1.165, 1.54) is 30.9 Å². The summed E-state index contributed by atoms with van der Waals surface area (Å²) in [5.41, 5.74) is -0.0548. The van der Waals surface area contributed by atoms with E-state index in [4.69, 9.17) is 9.47 Å². The van der Waals surface area contributed by atoms with Crippen molar-refractivity contribution in [3.63, 3.8) is 0 Å². The fourth-order valence-electron chi connectivity index (χ4n) is 3.54. The van der Waals surface area contributed by atoms with Gasteiger partial charge in [-0.3, -0.25) is 18.5 Å². The number of halogens is 1. The molecule has 4 rings (SSSR count). The minimum absolute atomic E-state index is 0.0613. The van der Waals surface area contributed by atoms with Crippen LogP contribution in [0.25, 0.3) is 11.2 Å². The van der Waals surface area contributed by atoms with Crippen LogP contribution >= 0.6 is 0 Å². The largest absolute Gasteiger partial charge is 0.497 e. The predicted octanol–water partition coefficient (Wildman–Crippen LogP) is 2.27. The molecule has 1 N–H and O–H groups in total. The van der Waals surface area contributed by atoms with Crippen LogP contribution in [0.2, 0.25) is 0 Å². The quantitative estimate of drug-likeness (QED) is 0.438. The summed E-state index contributed by atoms with van der Waals surface area (Å²) in [5, 5.41) is 9.17. The fourth-order valence-corrected chi connectivity index (χ4v) is 3.54. The monoisotopic (exact) mass is 454 g/mol. The number of aliphatic hydroxyl groups is 1. The van der Waals surface area contributed by atoms with Crippen LogP contribution in [0.3, 0.4) is 0 Å². The average molecular weight is 454 g/mol. The van der Waals surface area contributed by atoms with E-state index >= 15 is 0 Å². The summed E-state index contributed by atoms with van der Waals surface area (Å²) in [5.74, 6) is 0.624. The Bertz CT molecular complexity index is 1410. The molecule has 2 aromatic heterocycles. The van der Waals surface area contributed by atoms with Gasteiger partial charge in [0.1, 0.15) is 17.3 Å². The highest BCUT2D eigenvalue weighted by Crippen LogP contribution is 2.27. The smallest absolute Gasteiger partial charge is 0.332 e.